The Morgan fingerprint density at radius 3 is 2.47 bits per heavy atom. The number of halogens is 3. The molecular weight excluding hydrogens is 272 g/mol. The summed E-state index contributed by atoms with van der Waals surface area (Å²) in [4.78, 5) is 0. The Morgan fingerprint density at radius 2 is 1.89 bits per heavy atom. The fraction of sp³-hybridized carbons (Fsp3) is 0.571. The minimum absolute atomic E-state index is 0.0461. The van der Waals surface area contributed by atoms with Gasteiger partial charge in [-0.1, -0.05) is 30.9 Å². The number of rotatable bonds is 3. The molecule has 2 N–H and O–H groups in total. The highest BCUT2D eigenvalue weighted by Crippen LogP contribution is 2.39. The maximum absolute atomic E-state index is 14.2. The Bertz CT molecular complexity index is 473. The quantitative estimate of drug-likeness (QED) is 0.857. The smallest absolute Gasteiger partial charge is 0.166 e. The van der Waals surface area contributed by atoms with Crippen molar-refractivity contribution >= 4 is 11.6 Å². The zero-order chi connectivity index (χ0) is 14.0. The zero-order valence-electron chi connectivity index (χ0n) is 10.9. The summed E-state index contributed by atoms with van der Waals surface area (Å²) in [5, 5.41) is 0.172. The molecular formula is C14H18ClF2NO. The van der Waals surface area contributed by atoms with Crippen LogP contribution in [0.15, 0.2) is 6.07 Å². The van der Waals surface area contributed by atoms with Crippen LogP contribution in [-0.4, -0.2) is 7.11 Å². The van der Waals surface area contributed by atoms with E-state index in [1.54, 1.807) is 0 Å². The molecule has 0 aliphatic heterocycles. The fourth-order valence-corrected chi connectivity index (χ4v) is 2.97. The Morgan fingerprint density at radius 1 is 1.26 bits per heavy atom. The third-order valence-electron chi connectivity index (χ3n) is 3.82. The van der Waals surface area contributed by atoms with E-state index in [1.807, 2.05) is 0 Å². The highest BCUT2D eigenvalue weighted by Gasteiger charge is 2.34. The van der Waals surface area contributed by atoms with Gasteiger partial charge in [0.25, 0.3) is 0 Å². The van der Waals surface area contributed by atoms with Gasteiger partial charge >= 0.3 is 0 Å². The van der Waals surface area contributed by atoms with Gasteiger partial charge < -0.3 is 10.5 Å². The molecule has 1 aromatic rings. The van der Waals surface area contributed by atoms with E-state index in [1.165, 1.54) is 13.2 Å². The van der Waals surface area contributed by atoms with E-state index in [9.17, 15) is 8.78 Å². The number of hydrogen-bond acceptors (Lipinski definition) is 2. The average Bonchev–Trinajstić information content (AvgIpc) is 2.39. The van der Waals surface area contributed by atoms with E-state index in [2.05, 4.69) is 0 Å². The van der Waals surface area contributed by atoms with Crippen molar-refractivity contribution in [1.82, 2.24) is 0 Å². The second kappa shape index (κ2) is 5.73. The van der Waals surface area contributed by atoms with Gasteiger partial charge in [0.05, 0.1) is 6.61 Å². The number of methoxy groups -OCH3 is 1. The topological polar surface area (TPSA) is 35.2 Å². The number of nitrogens with two attached hydrogens (primary N) is 1. The summed E-state index contributed by atoms with van der Waals surface area (Å²) >= 11 is 6.02. The van der Waals surface area contributed by atoms with E-state index in [-0.39, 0.29) is 22.8 Å². The summed E-state index contributed by atoms with van der Waals surface area (Å²) in [6, 6.07) is 1.46. The molecule has 19 heavy (non-hydrogen) atoms. The molecule has 2 rings (SSSR count). The molecule has 106 valence electrons. The van der Waals surface area contributed by atoms with E-state index < -0.39 is 17.2 Å². The first-order valence-corrected chi connectivity index (χ1v) is 6.82. The van der Waals surface area contributed by atoms with Crippen LogP contribution < -0.4 is 5.73 Å². The summed E-state index contributed by atoms with van der Waals surface area (Å²) in [7, 11) is 1.41. The van der Waals surface area contributed by atoms with Crippen LogP contribution in [0.5, 0.6) is 0 Å². The second-order valence-electron chi connectivity index (χ2n) is 5.16. The normalized spacial score (nSPS) is 18.6. The maximum Gasteiger partial charge on any atom is 0.166 e. The summed E-state index contributed by atoms with van der Waals surface area (Å²) in [5.41, 5.74) is 5.67. The molecule has 1 saturated carbocycles. The molecule has 1 aliphatic rings. The molecule has 5 heteroatoms. The molecule has 0 atom stereocenters. The molecule has 0 bridgehead atoms. The van der Waals surface area contributed by atoms with Crippen LogP contribution in [0.3, 0.4) is 0 Å². The predicted molar refractivity (Wildman–Crippen MR) is 71.0 cm³/mol. The SMILES string of the molecule is COCc1c(Cl)cc(C2(N)CCCCC2)c(F)c1F. The van der Waals surface area contributed by atoms with Crippen molar-refractivity contribution in [2.75, 3.05) is 7.11 Å². The molecule has 1 aliphatic carbocycles. The lowest BCUT2D eigenvalue weighted by Gasteiger charge is -2.34. The largest absolute Gasteiger partial charge is 0.380 e. The van der Waals surface area contributed by atoms with Gasteiger partial charge in [-0.05, 0) is 18.9 Å². The highest BCUT2D eigenvalue weighted by molar-refractivity contribution is 6.31. The standard InChI is InChI=1S/C14H18ClF2NO/c1-19-8-9-11(15)7-10(13(17)12(9)16)14(18)5-3-2-4-6-14/h7H,2-6,8,18H2,1H3. The average molecular weight is 290 g/mol. The molecule has 0 aromatic heterocycles. The minimum atomic E-state index is -0.945. The van der Waals surface area contributed by atoms with Gasteiger partial charge in [-0.15, -0.1) is 0 Å². The van der Waals surface area contributed by atoms with Crippen molar-refractivity contribution in [2.45, 2.75) is 44.2 Å². The number of hydrogen-bond donors (Lipinski definition) is 1. The van der Waals surface area contributed by atoms with E-state index in [0.29, 0.717) is 12.8 Å². The minimum Gasteiger partial charge on any atom is -0.380 e. The molecule has 0 spiro atoms. The molecule has 0 amide bonds. The summed E-state index contributed by atoms with van der Waals surface area (Å²) in [5.74, 6) is -1.83. The van der Waals surface area contributed by atoms with Crippen LogP contribution in [0, 0.1) is 11.6 Å². The van der Waals surface area contributed by atoms with Crippen LogP contribution >= 0.6 is 11.6 Å². The van der Waals surface area contributed by atoms with Gasteiger partial charge in [0.15, 0.2) is 11.6 Å². The van der Waals surface area contributed by atoms with E-state index in [4.69, 9.17) is 22.1 Å². The van der Waals surface area contributed by atoms with Crippen molar-refractivity contribution < 1.29 is 13.5 Å². The summed E-state index contributed by atoms with van der Waals surface area (Å²) in [6.07, 6.45) is 4.25. The van der Waals surface area contributed by atoms with Crippen LogP contribution in [0.1, 0.15) is 43.2 Å². The highest BCUT2D eigenvalue weighted by atomic mass is 35.5. The van der Waals surface area contributed by atoms with Crippen LogP contribution in [-0.2, 0) is 16.9 Å². The van der Waals surface area contributed by atoms with Crippen molar-refractivity contribution in [3.05, 3.63) is 33.9 Å². The van der Waals surface area contributed by atoms with Gasteiger partial charge in [-0.25, -0.2) is 8.78 Å². The Hall–Kier alpha value is -0.710. The summed E-state index contributed by atoms with van der Waals surface area (Å²) in [6.45, 7) is -0.0561. The Kier molecular flexibility index (Phi) is 4.43. The van der Waals surface area contributed by atoms with Gasteiger partial charge in [0, 0.05) is 28.8 Å². The monoisotopic (exact) mass is 289 g/mol. The van der Waals surface area contributed by atoms with Gasteiger partial charge in [-0.3, -0.25) is 0 Å². The molecule has 0 unspecified atom stereocenters. The third kappa shape index (κ3) is 2.76. The maximum atomic E-state index is 14.2. The molecule has 0 saturated heterocycles. The Balaban J connectivity index is 2.47. The first kappa shape index (κ1) is 14.7. The van der Waals surface area contributed by atoms with E-state index >= 15 is 0 Å². The number of benzene rings is 1. The van der Waals surface area contributed by atoms with Gasteiger partial charge in [-0.2, -0.15) is 0 Å². The van der Waals surface area contributed by atoms with Crippen LogP contribution in [0.25, 0.3) is 0 Å². The van der Waals surface area contributed by atoms with Crippen molar-refractivity contribution in [3.8, 4) is 0 Å². The van der Waals surface area contributed by atoms with Crippen molar-refractivity contribution in [2.24, 2.45) is 5.73 Å². The third-order valence-corrected chi connectivity index (χ3v) is 4.16. The molecule has 2 nitrogen and oxygen atoms in total. The predicted octanol–water partition coefficient (Wildman–Crippen LogP) is 3.88. The van der Waals surface area contributed by atoms with Gasteiger partial charge in [0.2, 0.25) is 0 Å². The summed E-state index contributed by atoms with van der Waals surface area (Å²) < 4.78 is 33.1. The Labute approximate surface area is 116 Å². The van der Waals surface area contributed by atoms with Crippen LogP contribution in [0.4, 0.5) is 8.78 Å². The fourth-order valence-electron chi connectivity index (χ4n) is 2.72. The van der Waals surface area contributed by atoms with Gasteiger partial charge in [0.1, 0.15) is 0 Å². The number of ether oxygens (including phenoxy) is 1. The lowest BCUT2D eigenvalue weighted by atomic mass is 9.77. The van der Waals surface area contributed by atoms with Crippen molar-refractivity contribution in [1.29, 1.82) is 0 Å². The molecule has 1 aromatic carbocycles. The molecule has 0 heterocycles. The lowest BCUT2D eigenvalue weighted by Crippen LogP contribution is -2.39. The lowest BCUT2D eigenvalue weighted by molar-refractivity contribution is 0.180. The zero-order valence-corrected chi connectivity index (χ0v) is 11.7. The molecule has 1 fully saturated rings. The van der Waals surface area contributed by atoms with E-state index in [0.717, 1.165) is 19.3 Å². The van der Waals surface area contributed by atoms with Crippen LogP contribution in [0.2, 0.25) is 5.02 Å². The second-order valence-corrected chi connectivity index (χ2v) is 5.57. The first-order valence-electron chi connectivity index (χ1n) is 6.44. The molecule has 0 radical (unpaired) electrons. The first-order chi connectivity index (χ1) is 8.99. The van der Waals surface area contributed by atoms with Crippen molar-refractivity contribution in [3.63, 3.8) is 0 Å².